The SMILES string of the molecule is CCc1nc(C(N)c2ccc(Br)c3cccnc23)sc1C. The lowest BCUT2D eigenvalue weighted by atomic mass is 10.0. The normalized spacial score (nSPS) is 12.8. The first-order valence-corrected chi connectivity index (χ1v) is 8.47. The largest absolute Gasteiger partial charge is 0.318 e. The molecule has 0 saturated heterocycles. The van der Waals surface area contributed by atoms with Crippen LogP contribution in [0.4, 0.5) is 0 Å². The fraction of sp³-hybridized carbons (Fsp3) is 0.250. The lowest BCUT2D eigenvalue weighted by molar-refractivity contribution is 0.849. The van der Waals surface area contributed by atoms with E-state index in [0.29, 0.717) is 0 Å². The van der Waals surface area contributed by atoms with Crippen LogP contribution in [-0.2, 0) is 6.42 Å². The van der Waals surface area contributed by atoms with Crippen molar-refractivity contribution < 1.29 is 0 Å². The summed E-state index contributed by atoms with van der Waals surface area (Å²) in [6.45, 7) is 4.22. The highest BCUT2D eigenvalue weighted by atomic mass is 79.9. The van der Waals surface area contributed by atoms with Crippen molar-refractivity contribution >= 4 is 38.2 Å². The van der Waals surface area contributed by atoms with Gasteiger partial charge in [-0.2, -0.15) is 0 Å². The molecule has 0 amide bonds. The molecule has 1 unspecified atom stereocenters. The molecule has 5 heteroatoms. The number of hydrogen-bond acceptors (Lipinski definition) is 4. The number of hydrogen-bond donors (Lipinski definition) is 1. The van der Waals surface area contributed by atoms with Gasteiger partial charge in [0.15, 0.2) is 0 Å². The number of nitrogens with zero attached hydrogens (tertiary/aromatic N) is 2. The Morgan fingerprint density at radius 1 is 1.33 bits per heavy atom. The van der Waals surface area contributed by atoms with Crippen LogP contribution in [0.1, 0.15) is 34.1 Å². The Balaban J connectivity index is 2.13. The topological polar surface area (TPSA) is 51.8 Å². The lowest BCUT2D eigenvalue weighted by Crippen LogP contribution is -2.12. The minimum absolute atomic E-state index is 0.237. The van der Waals surface area contributed by atoms with E-state index in [4.69, 9.17) is 5.73 Å². The molecule has 21 heavy (non-hydrogen) atoms. The van der Waals surface area contributed by atoms with Crippen LogP contribution in [0.2, 0.25) is 0 Å². The van der Waals surface area contributed by atoms with Gasteiger partial charge < -0.3 is 5.73 Å². The van der Waals surface area contributed by atoms with Crippen LogP contribution in [0.25, 0.3) is 10.9 Å². The molecule has 0 radical (unpaired) electrons. The van der Waals surface area contributed by atoms with Crippen LogP contribution in [0.15, 0.2) is 34.9 Å². The van der Waals surface area contributed by atoms with Crippen LogP contribution in [-0.4, -0.2) is 9.97 Å². The van der Waals surface area contributed by atoms with Gasteiger partial charge in [0.05, 0.1) is 17.3 Å². The standard InChI is InChI=1S/C16H16BrN3S/c1-3-13-9(2)21-16(20-13)14(18)11-6-7-12(17)10-5-4-8-19-15(10)11/h4-8,14H,3,18H2,1-2H3. The predicted octanol–water partition coefficient (Wildman–Crippen LogP) is 4.37. The van der Waals surface area contributed by atoms with Crippen molar-refractivity contribution in [1.29, 1.82) is 0 Å². The van der Waals surface area contributed by atoms with Crippen LogP contribution < -0.4 is 5.73 Å². The molecule has 0 bridgehead atoms. The van der Waals surface area contributed by atoms with Gasteiger partial charge in [-0.25, -0.2) is 4.98 Å². The number of nitrogens with two attached hydrogens (primary N) is 1. The molecule has 3 nitrogen and oxygen atoms in total. The zero-order valence-electron chi connectivity index (χ0n) is 11.9. The van der Waals surface area contributed by atoms with Gasteiger partial charge in [-0.3, -0.25) is 4.98 Å². The third-order valence-electron chi connectivity index (χ3n) is 3.59. The van der Waals surface area contributed by atoms with Crippen LogP contribution >= 0.6 is 27.3 Å². The summed E-state index contributed by atoms with van der Waals surface area (Å²) >= 11 is 5.25. The molecule has 0 aliphatic carbocycles. The van der Waals surface area contributed by atoms with Gasteiger partial charge in [0, 0.05) is 26.5 Å². The summed E-state index contributed by atoms with van der Waals surface area (Å²) in [5, 5.41) is 2.04. The lowest BCUT2D eigenvalue weighted by Gasteiger charge is -2.12. The molecule has 0 aliphatic rings. The molecule has 2 aromatic heterocycles. The maximum absolute atomic E-state index is 6.46. The molecule has 3 aromatic rings. The monoisotopic (exact) mass is 361 g/mol. The van der Waals surface area contributed by atoms with E-state index < -0.39 is 0 Å². The average Bonchev–Trinajstić information content (AvgIpc) is 2.88. The first kappa shape index (κ1) is 14.6. The van der Waals surface area contributed by atoms with Crippen LogP contribution in [0, 0.1) is 6.92 Å². The predicted molar refractivity (Wildman–Crippen MR) is 91.7 cm³/mol. The number of aryl methyl sites for hydroxylation is 2. The summed E-state index contributed by atoms with van der Waals surface area (Å²) in [4.78, 5) is 10.4. The van der Waals surface area contributed by atoms with Gasteiger partial charge in [0.25, 0.3) is 0 Å². The molecule has 1 aromatic carbocycles. The second-order valence-corrected chi connectivity index (χ2v) is 7.01. The molecule has 3 rings (SSSR count). The summed E-state index contributed by atoms with van der Waals surface area (Å²) < 4.78 is 1.03. The van der Waals surface area contributed by atoms with E-state index in [1.807, 2.05) is 24.3 Å². The quantitative estimate of drug-likeness (QED) is 0.753. The van der Waals surface area contributed by atoms with Crippen molar-refractivity contribution in [3.8, 4) is 0 Å². The van der Waals surface area contributed by atoms with Crippen LogP contribution in [0.5, 0.6) is 0 Å². The highest BCUT2D eigenvalue weighted by molar-refractivity contribution is 9.10. The third kappa shape index (κ3) is 2.61. The van der Waals surface area contributed by atoms with E-state index in [0.717, 1.165) is 38.1 Å². The Morgan fingerprint density at radius 2 is 2.14 bits per heavy atom. The summed E-state index contributed by atoms with van der Waals surface area (Å²) in [6.07, 6.45) is 2.74. The Bertz CT molecular complexity index is 797. The summed E-state index contributed by atoms with van der Waals surface area (Å²) in [7, 11) is 0. The number of thiazole rings is 1. The zero-order chi connectivity index (χ0) is 15.0. The maximum Gasteiger partial charge on any atom is 0.115 e. The third-order valence-corrected chi connectivity index (χ3v) is 5.38. The Kier molecular flexibility index (Phi) is 4.06. The fourth-order valence-electron chi connectivity index (χ4n) is 2.46. The van der Waals surface area contributed by atoms with Crippen molar-refractivity contribution in [3.63, 3.8) is 0 Å². The van der Waals surface area contributed by atoms with Crippen molar-refractivity contribution in [3.05, 3.63) is 56.1 Å². The van der Waals surface area contributed by atoms with Gasteiger partial charge in [0.1, 0.15) is 5.01 Å². The van der Waals surface area contributed by atoms with Crippen molar-refractivity contribution in [2.75, 3.05) is 0 Å². The molecule has 0 saturated carbocycles. The summed E-state index contributed by atoms with van der Waals surface area (Å²) in [5.41, 5.74) is 9.55. The Labute approximate surface area is 136 Å². The minimum Gasteiger partial charge on any atom is -0.318 e. The Hall–Kier alpha value is -1.30. The van der Waals surface area contributed by atoms with E-state index in [2.05, 4.69) is 39.7 Å². The van der Waals surface area contributed by atoms with Gasteiger partial charge >= 0.3 is 0 Å². The van der Waals surface area contributed by atoms with Gasteiger partial charge in [-0.05, 0) is 25.5 Å². The molecule has 0 aliphatic heterocycles. The van der Waals surface area contributed by atoms with Crippen molar-refractivity contribution in [2.45, 2.75) is 26.3 Å². The Morgan fingerprint density at radius 3 is 2.86 bits per heavy atom. The number of rotatable bonds is 3. The highest BCUT2D eigenvalue weighted by Crippen LogP contribution is 2.32. The van der Waals surface area contributed by atoms with E-state index in [9.17, 15) is 0 Å². The highest BCUT2D eigenvalue weighted by Gasteiger charge is 2.18. The van der Waals surface area contributed by atoms with Crippen LogP contribution in [0.3, 0.4) is 0 Å². The molecule has 0 fully saturated rings. The zero-order valence-corrected chi connectivity index (χ0v) is 14.3. The summed E-state index contributed by atoms with van der Waals surface area (Å²) in [5.74, 6) is 0. The first-order valence-electron chi connectivity index (χ1n) is 6.86. The van der Waals surface area contributed by atoms with E-state index >= 15 is 0 Å². The molecule has 0 spiro atoms. The van der Waals surface area contributed by atoms with E-state index in [1.54, 1.807) is 17.5 Å². The number of pyridine rings is 1. The number of aromatic nitrogens is 2. The second kappa shape index (κ2) is 5.83. The average molecular weight is 362 g/mol. The molecule has 2 N–H and O–H groups in total. The van der Waals surface area contributed by atoms with E-state index in [-0.39, 0.29) is 6.04 Å². The van der Waals surface area contributed by atoms with Crippen molar-refractivity contribution in [1.82, 2.24) is 9.97 Å². The molecule has 2 heterocycles. The first-order chi connectivity index (χ1) is 10.1. The van der Waals surface area contributed by atoms with E-state index in [1.165, 1.54) is 4.88 Å². The fourth-order valence-corrected chi connectivity index (χ4v) is 3.94. The number of benzene rings is 1. The summed E-state index contributed by atoms with van der Waals surface area (Å²) in [6, 6.07) is 7.81. The van der Waals surface area contributed by atoms with Gasteiger partial charge in [0.2, 0.25) is 0 Å². The number of halogens is 1. The number of fused-ring (bicyclic) bond motifs is 1. The molecular weight excluding hydrogens is 346 g/mol. The van der Waals surface area contributed by atoms with Gasteiger partial charge in [-0.1, -0.05) is 35.0 Å². The molecule has 108 valence electrons. The van der Waals surface area contributed by atoms with Crippen molar-refractivity contribution in [2.24, 2.45) is 5.73 Å². The minimum atomic E-state index is -0.237. The maximum atomic E-state index is 6.46. The molecular formula is C16H16BrN3S. The second-order valence-electron chi connectivity index (χ2n) is 4.92. The van der Waals surface area contributed by atoms with Gasteiger partial charge in [-0.15, -0.1) is 11.3 Å². The smallest absolute Gasteiger partial charge is 0.115 e. The molecule has 1 atom stereocenters.